The van der Waals surface area contributed by atoms with E-state index in [1.54, 1.807) is 0 Å². The van der Waals surface area contributed by atoms with Crippen LogP contribution in [0.2, 0.25) is 0 Å². The molecule has 0 saturated heterocycles. The number of amides is 2. The molecule has 1 aromatic carbocycles. The summed E-state index contributed by atoms with van der Waals surface area (Å²) >= 11 is 0. The summed E-state index contributed by atoms with van der Waals surface area (Å²) in [6.45, 7) is 2.62. The number of furan rings is 1. The summed E-state index contributed by atoms with van der Waals surface area (Å²) in [5, 5.41) is 6.92. The van der Waals surface area contributed by atoms with E-state index in [-0.39, 0.29) is 12.1 Å². The van der Waals surface area contributed by atoms with Gasteiger partial charge in [-0.15, -0.1) is 0 Å². The van der Waals surface area contributed by atoms with E-state index in [1.165, 1.54) is 31.3 Å². The molecule has 2 N–H and O–H groups in total. The maximum absolute atomic E-state index is 12.0. The second kappa shape index (κ2) is 7.36. The second-order valence-corrected chi connectivity index (χ2v) is 6.17. The van der Waals surface area contributed by atoms with Gasteiger partial charge in [0.2, 0.25) is 0 Å². The van der Waals surface area contributed by atoms with Gasteiger partial charge in [0.25, 0.3) is 0 Å². The van der Waals surface area contributed by atoms with Gasteiger partial charge in [-0.25, -0.2) is 4.79 Å². The topological polar surface area (TPSA) is 54.3 Å². The van der Waals surface area contributed by atoms with E-state index in [0.717, 1.165) is 23.2 Å². The van der Waals surface area contributed by atoms with Gasteiger partial charge in [-0.2, -0.15) is 0 Å². The van der Waals surface area contributed by atoms with E-state index in [0.29, 0.717) is 6.54 Å². The summed E-state index contributed by atoms with van der Waals surface area (Å²) in [7, 11) is 0. The van der Waals surface area contributed by atoms with Crippen LogP contribution in [-0.2, 0) is 0 Å². The molecule has 4 heteroatoms. The SMILES string of the molecule is C[C@H](NC(=O)NCCC1=CCCCC1)c1cc2ccccc2o1. The molecule has 0 spiro atoms. The summed E-state index contributed by atoms with van der Waals surface area (Å²) in [6.07, 6.45) is 8.21. The van der Waals surface area contributed by atoms with Gasteiger partial charge >= 0.3 is 6.03 Å². The molecule has 0 radical (unpaired) electrons. The Morgan fingerprint density at radius 2 is 2.17 bits per heavy atom. The number of para-hydroxylation sites is 1. The molecule has 122 valence electrons. The minimum absolute atomic E-state index is 0.144. The van der Waals surface area contributed by atoms with Crippen LogP contribution in [0.5, 0.6) is 0 Å². The highest BCUT2D eigenvalue weighted by Gasteiger charge is 2.14. The molecule has 0 unspecified atom stereocenters. The average molecular weight is 312 g/mol. The van der Waals surface area contributed by atoms with Crippen LogP contribution in [0.1, 0.15) is 50.8 Å². The number of hydrogen-bond donors (Lipinski definition) is 2. The van der Waals surface area contributed by atoms with Crippen molar-refractivity contribution in [1.29, 1.82) is 0 Å². The number of fused-ring (bicyclic) bond motifs is 1. The van der Waals surface area contributed by atoms with Crippen molar-refractivity contribution in [1.82, 2.24) is 10.6 Å². The van der Waals surface area contributed by atoms with Gasteiger partial charge in [0.15, 0.2) is 0 Å². The molecule has 4 nitrogen and oxygen atoms in total. The number of urea groups is 1. The van der Waals surface area contributed by atoms with Crippen LogP contribution in [0.25, 0.3) is 11.0 Å². The monoisotopic (exact) mass is 312 g/mol. The third kappa shape index (κ3) is 4.15. The zero-order chi connectivity index (χ0) is 16.1. The number of rotatable bonds is 5. The van der Waals surface area contributed by atoms with Gasteiger partial charge in [-0.3, -0.25) is 0 Å². The normalized spacial score (nSPS) is 16.0. The molecule has 1 aromatic heterocycles. The quantitative estimate of drug-likeness (QED) is 0.787. The molecule has 3 rings (SSSR count). The number of carbonyl (C=O) groups excluding carboxylic acids is 1. The highest BCUT2D eigenvalue weighted by atomic mass is 16.3. The lowest BCUT2D eigenvalue weighted by Gasteiger charge is -2.15. The molecule has 1 aliphatic carbocycles. The third-order valence-corrected chi connectivity index (χ3v) is 4.34. The predicted octanol–water partition coefficient (Wildman–Crippen LogP) is 4.68. The van der Waals surface area contributed by atoms with Crippen LogP contribution >= 0.6 is 0 Å². The van der Waals surface area contributed by atoms with Crippen LogP contribution in [0.4, 0.5) is 4.79 Å². The Morgan fingerprint density at radius 1 is 1.30 bits per heavy atom. The zero-order valence-electron chi connectivity index (χ0n) is 13.6. The summed E-state index contributed by atoms with van der Waals surface area (Å²) in [5.74, 6) is 0.774. The Bertz CT molecular complexity index is 669. The van der Waals surface area contributed by atoms with Crippen molar-refractivity contribution in [2.24, 2.45) is 0 Å². The van der Waals surface area contributed by atoms with Gasteiger partial charge in [-0.1, -0.05) is 29.8 Å². The molecule has 1 aliphatic rings. The first-order valence-corrected chi connectivity index (χ1v) is 8.43. The van der Waals surface area contributed by atoms with E-state index in [4.69, 9.17) is 4.42 Å². The fraction of sp³-hybridized carbons (Fsp3) is 0.421. The van der Waals surface area contributed by atoms with Crippen molar-refractivity contribution in [2.75, 3.05) is 6.54 Å². The Balaban J connectivity index is 1.47. The minimum atomic E-state index is -0.156. The predicted molar refractivity (Wildman–Crippen MR) is 92.3 cm³/mol. The summed E-state index contributed by atoms with van der Waals surface area (Å²) in [4.78, 5) is 12.0. The summed E-state index contributed by atoms with van der Waals surface area (Å²) in [5.41, 5.74) is 2.32. The first-order chi connectivity index (χ1) is 11.2. The number of benzene rings is 1. The number of hydrogen-bond acceptors (Lipinski definition) is 2. The maximum Gasteiger partial charge on any atom is 0.315 e. The minimum Gasteiger partial charge on any atom is -0.459 e. The van der Waals surface area contributed by atoms with Crippen LogP contribution in [0.15, 0.2) is 46.4 Å². The Morgan fingerprint density at radius 3 is 2.96 bits per heavy atom. The molecule has 0 fully saturated rings. The van der Waals surface area contributed by atoms with Crippen molar-refractivity contribution >= 4 is 17.0 Å². The molecule has 2 amide bonds. The number of carbonyl (C=O) groups is 1. The number of allylic oxidation sites excluding steroid dienone is 1. The van der Waals surface area contributed by atoms with Gasteiger partial charge < -0.3 is 15.1 Å². The van der Waals surface area contributed by atoms with Crippen molar-refractivity contribution < 1.29 is 9.21 Å². The lowest BCUT2D eigenvalue weighted by molar-refractivity contribution is 0.236. The first-order valence-electron chi connectivity index (χ1n) is 8.43. The van der Waals surface area contributed by atoms with Crippen molar-refractivity contribution in [3.05, 3.63) is 47.7 Å². The lowest BCUT2D eigenvalue weighted by atomic mass is 9.97. The molecule has 0 aliphatic heterocycles. The zero-order valence-corrected chi connectivity index (χ0v) is 13.6. The molecule has 2 aromatic rings. The Hall–Kier alpha value is -2.23. The second-order valence-electron chi connectivity index (χ2n) is 6.17. The fourth-order valence-corrected chi connectivity index (χ4v) is 3.00. The van der Waals surface area contributed by atoms with Gasteiger partial charge in [0.05, 0.1) is 6.04 Å². The van der Waals surface area contributed by atoms with E-state index in [1.807, 2.05) is 37.3 Å². The highest BCUT2D eigenvalue weighted by Crippen LogP contribution is 2.23. The maximum atomic E-state index is 12.0. The number of nitrogens with one attached hydrogen (secondary N) is 2. The van der Waals surface area contributed by atoms with Crippen molar-refractivity contribution in [2.45, 2.75) is 45.1 Å². The third-order valence-electron chi connectivity index (χ3n) is 4.34. The van der Waals surface area contributed by atoms with Gasteiger partial charge in [-0.05, 0) is 51.2 Å². The molecule has 0 bridgehead atoms. The van der Waals surface area contributed by atoms with E-state index in [9.17, 15) is 4.79 Å². The van der Waals surface area contributed by atoms with E-state index < -0.39 is 0 Å². The molecule has 1 atom stereocenters. The van der Waals surface area contributed by atoms with Crippen LogP contribution in [0, 0.1) is 0 Å². The van der Waals surface area contributed by atoms with Crippen LogP contribution < -0.4 is 10.6 Å². The van der Waals surface area contributed by atoms with Gasteiger partial charge in [0.1, 0.15) is 11.3 Å². The average Bonchev–Trinajstić information content (AvgIpc) is 3.00. The standard InChI is InChI=1S/C19H24N2O2/c1-14(18-13-16-9-5-6-10-17(16)23-18)21-19(22)20-12-11-15-7-3-2-4-8-15/h5-7,9-10,13-14H,2-4,8,11-12H2,1H3,(H2,20,21,22)/t14-/m0/s1. The molecule has 23 heavy (non-hydrogen) atoms. The van der Waals surface area contributed by atoms with Gasteiger partial charge in [0, 0.05) is 11.9 Å². The molecule has 1 heterocycles. The largest absolute Gasteiger partial charge is 0.459 e. The highest BCUT2D eigenvalue weighted by molar-refractivity contribution is 5.78. The van der Waals surface area contributed by atoms with Crippen molar-refractivity contribution in [3.63, 3.8) is 0 Å². The van der Waals surface area contributed by atoms with E-state index >= 15 is 0 Å². The summed E-state index contributed by atoms with van der Waals surface area (Å²) in [6, 6.07) is 9.54. The van der Waals surface area contributed by atoms with E-state index in [2.05, 4.69) is 16.7 Å². The lowest BCUT2D eigenvalue weighted by Crippen LogP contribution is -2.37. The molecular weight excluding hydrogens is 288 g/mol. The Labute approximate surface area is 136 Å². The van der Waals surface area contributed by atoms with Crippen molar-refractivity contribution in [3.8, 4) is 0 Å². The Kier molecular flexibility index (Phi) is 5.01. The molecular formula is C19H24N2O2. The summed E-state index contributed by atoms with van der Waals surface area (Å²) < 4.78 is 5.78. The van der Waals surface area contributed by atoms with Crippen LogP contribution in [0.3, 0.4) is 0 Å². The fourth-order valence-electron chi connectivity index (χ4n) is 3.00. The smallest absolute Gasteiger partial charge is 0.315 e. The molecule has 0 saturated carbocycles. The first kappa shape index (κ1) is 15.7. The van der Waals surface area contributed by atoms with Crippen LogP contribution in [-0.4, -0.2) is 12.6 Å².